The summed E-state index contributed by atoms with van der Waals surface area (Å²) >= 11 is 0. The predicted molar refractivity (Wildman–Crippen MR) is 98.5 cm³/mol. The number of anilines is 1. The van der Waals surface area contributed by atoms with Crippen LogP contribution >= 0.6 is 0 Å². The van der Waals surface area contributed by atoms with E-state index in [-0.39, 0.29) is 17.9 Å². The van der Waals surface area contributed by atoms with Crippen molar-refractivity contribution in [3.63, 3.8) is 0 Å². The van der Waals surface area contributed by atoms with E-state index in [0.717, 1.165) is 24.9 Å². The smallest absolute Gasteiger partial charge is 0.412 e. The average molecular weight is 347 g/mol. The molecule has 1 aliphatic rings. The second-order valence-corrected chi connectivity index (χ2v) is 7.32. The summed E-state index contributed by atoms with van der Waals surface area (Å²) < 4.78 is 5.25. The van der Waals surface area contributed by atoms with Crippen LogP contribution < -0.4 is 16.0 Å². The Bertz CT molecular complexity index is 593. The molecule has 0 saturated carbocycles. The molecule has 0 radical (unpaired) electrons. The summed E-state index contributed by atoms with van der Waals surface area (Å²) in [4.78, 5) is 24.1. The van der Waals surface area contributed by atoms with Gasteiger partial charge in [0.15, 0.2) is 0 Å². The molecule has 1 aromatic carbocycles. The Kier molecular flexibility index (Phi) is 6.42. The number of amides is 2. The Hall–Kier alpha value is -2.08. The minimum atomic E-state index is -0.532. The second kappa shape index (κ2) is 8.34. The summed E-state index contributed by atoms with van der Waals surface area (Å²) in [5.74, 6) is 0.0222. The van der Waals surface area contributed by atoms with E-state index in [2.05, 4.69) is 16.0 Å². The van der Waals surface area contributed by atoms with E-state index >= 15 is 0 Å². The first-order chi connectivity index (χ1) is 11.8. The fourth-order valence-electron chi connectivity index (χ4n) is 3.02. The van der Waals surface area contributed by atoms with Crippen molar-refractivity contribution in [2.45, 2.75) is 52.2 Å². The van der Waals surface area contributed by atoms with Crippen LogP contribution in [0.3, 0.4) is 0 Å². The van der Waals surface area contributed by atoms with Crippen molar-refractivity contribution < 1.29 is 14.3 Å². The highest BCUT2D eigenvalue weighted by Gasteiger charge is 2.31. The number of hydrogen-bond acceptors (Lipinski definition) is 4. The van der Waals surface area contributed by atoms with Crippen LogP contribution in [0.2, 0.25) is 0 Å². The number of ether oxygens (including phenoxy) is 1. The zero-order valence-electron chi connectivity index (χ0n) is 15.5. The highest BCUT2D eigenvalue weighted by molar-refractivity contribution is 5.85. The van der Waals surface area contributed by atoms with Gasteiger partial charge in [-0.15, -0.1) is 0 Å². The summed E-state index contributed by atoms with van der Waals surface area (Å²) in [6.07, 6.45) is 1.40. The minimum Gasteiger partial charge on any atom is -0.444 e. The van der Waals surface area contributed by atoms with Gasteiger partial charge in [0.05, 0.1) is 5.92 Å². The first-order valence-electron chi connectivity index (χ1n) is 8.91. The van der Waals surface area contributed by atoms with E-state index in [1.54, 1.807) is 0 Å². The lowest BCUT2D eigenvalue weighted by Crippen LogP contribution is -2.43. The molecule has 1 aliphatic heterocycles. The molecule has 1 aromatic rings. The van der Waals surface area contributed by atoms with E-state index in [4.69, 9.17) is 4.74 Å². The largest absolute Gasteiger partial charge is 0.444 e. The van der Waals surface area contributed by atoms with Gasteiger partial charge >= 0.3 is 6.09 Å². The predicted octanol–water partition coefficient (Wildman–Crippen LogP) is 3.21. The van der Waals surface area contributed by atoms with Crippen LogP contribution in [-0.4, -0.2) is 30.7 Å². The summed E-state index contributed by atoms with van der Waals surface area (Å²) in [5.41, 5.74) is 1.18. The SMILES string of the molecule is CCNC(=O)C1CCCNC1c1ccc(NC(=O)OC(C)(C)C)cc1. The van der Waals surface area contributed by atoms with Crippen LogP contribution in [0.25, 0.3) is 0 Å². The molecule has 2 unspecified atom stereocenters. The zero-order chi connectivity index (χ0) is 18.4. The van der Waals surface area contributed by atoms with Gasteiger partial charge in [0.25, 0.3) is 0 Å². The van der Waals surface area contributed by atoms with Crippen LogP contribution in [0.5, 0.6) is 0 Å². The third-order valence-electron chi connectivity index (χ3n) is 4.06. The molecule has 2 amide bonds. The van der Waals surface area contributed by atoms with Gasteiger partial charge in [0.1, 0.15) is 5.60 Å². The molecular formula is C19H29N3O3. The summed E-state index contributed by atoms with van der Waals surface area (Å²) in [6, 6.07) is 7.56. The van der Waals surface area contributed by atoms with Crippen molar-refractivity contribution >= 4 is 17.7 Å². The molecule has 2 atom stereocenters. The van der Waals surface area contributed by atoms with Gasteiger partial charge in [-0.05, 0) is 64.8 Å². The maximum atomic E-state index is 12.3. The number of hydrogen-bond donors (Lipinski definition) is 3. The third kappa shape index (κ3) is 5.74. The molecule has 0 aromatic heterocycles. The number of carbonyl (C=O) groups is 2. The molecule has 6 nitrogen and oxygen atoms in total. The van der Waals surface area contributed by atoms with Crippen LogP contribution in [-0.2, 0) is 9.53 Å². The molecule has 3 N–H and O–H groups in total. The van der Waals surface area contributed by atoms with Crippen molar-refractivity contribution in [3.8, 4) is 0 Å². The van der Waals surface area contributed by atoms with Gasteiger partial charge in [0, 0.05) is 18.3 Å². The summed E-state index contributed by atoms with van der Waals surface area (Å²) in [6.45, 7) is 8.95. The Balaban J connectivity index is 2.04. The van der Waals surface area contributed by atoms with Crippen molar-refractivity contribution in [1.82, 2.24) is 10.6 Å². The normalized spacial score (nSPS) is 20.6. The molecule has 1 saturated heterocycles. The highest BCUT2D eigenvalue weighted by Crippen LogP contribution is 2.30. The van der Waals surface area contributed by atoms with Gasteiger partial charge in [0.2, 0.25) is 5.91 Å². The van der Waals surface area contributed by atoms with Crippen molar-refractivity contribution in [2.24, 2.45) is 5.92 Å². The lowest BCUT2D eigenvalue weighted by atomic mass is 9.85. The van der Waals surface area contributed by atoms with Crippen LogP contribution in [0.4, 0.5) is 10.5 Å². The van der Waals surface area contributed by atoms with E-state index < -0.39 is 11.7 Å². The maximum absolute atomic E-state index is 12.3. The molecule has 138 valence electrons. The van der Waals surface area contributed by atoms with Crippen molar-refractivity contribution in [2.75, 3.05) is 18.4 Å². The highest BCUT2D eigenvalue weighted by atomic mass is 16.6. The molecule has 0 bridgehead atoms. The fraction of sp³-hybridized carbons (Fsp3) is 0.579. The third-order valence-corrected chi connectivity index (χ3v) is 4.06. The van der Waals surface area contributed by atoms with Gasteiger partial charge in [-0.3, -0.25) is 10.1 Å². The molecule has 0 spiro atoms. The molecule has 6 heteroatoms. The van der Waals surface area contributed by atoms with Gasteiger partial charge in [-0.2, -0.15) is 0 Å². The topological polar surface area (TPSA) is 79.5 Å². The summed E-state index contributed by atoms with van der Waals surface area (Å²) in [5, 5.41) is 9.09. The Morgan fingerprint density at radius 3 is 2.52 bits per heavy atom. The number of piperidine rings is 1. The number of carbonyl (C=O) groups excluding carboxylic acids is 2. The van der Waals surface area contributed by atoms with E-state index in [0.29, 0.717) is 12.2 Å². The monoisotopic (exact) mass is 347 g/mol. The van der Waals surface area contributed by atoms with Crippen LogP contribution in [0.1, 0.15) is 52.1 Å². The Morgan fingerprint density at radius 1 is 1.24 bits per heavy atom. The Morgan fingerprint density at radius 2 is 1.92 bits per heavy atom. The van der Waals surface area contributed by atoms with Gasteiger partial charge in [-0.25, -0.2) is 4.79 Å². The first kappa shape index (κ1) is 19.2. The van der Waals surface area contributed by atoms with Crippen molar-refractivity contribution in [3.05, 3.63) is 29.8 Å². The van der Waals surface area contributed by atoms with Gasteiger partial charge < -0.3 is 15.4 Å². The quantitative estimate of drug-likeness (QED) is 0.781. The fourth-order valence-corrected chi connectivity index (χ4v) is 3.02. The maximum Gasteiger partial charge on any atom is 0.412 e. The molecule has 1 heterocycles. The molecular weight excluding hydrogens is 318 g/mol. The van der Waals surface area contributed by atoms with Gasteiger partial charge in [-0.1, -0.05) is 12.1 Å². The standard InChI is InChI=1S/C19H29N3O3/c1-5-20-17(23)15-7-6-12-21-16(15)13-8-10-14(11-9-13)22-18(24)25-19(2,3)4/h8-11,15-16,21H,5-7,12H2,1-4H3,(H,20,23)(H,22,24). The number of nitrogens with one attached hydrogen (secondary N) is 3. The van der Waals surface area contributed by atoms with E-state index in [1.807, 2.05) is 52.0 Å². The van der Waals surface area contributed by atoms with Crippen LogP contribution in [0, 0.1) is 5.92 Å². The molecule has 25 heavy (non-hydrogen) atoms. The molecule has 2 rings (SSSR count). The van der Waals surface area contributed by atoms with Crippen molar-refractivity contribution in [1.29, 1.82) is 0 Å². The minimum absolute atomic E-state index is 0.00382. The molecule has 0 aliphatic carbocycles. The zero-order valence-corrected chi connectivity index (χ0v) is 15.5. The number of rotatable bonds is 4. The van der Waals surface area contributed by atoms with E-state index in [1.165, 1.54) is 0 Å². The summed E-state index contributed by atoms with van der Waals surface area (Å²) in [7, 11) is 0. The van der Waals surface area contributed by atoms with E-state index in [9.17, 15) is 9.59 Å². The van der Waals surface area contributed by atoms with Crippen LogP contribution in [0.15, 0.2) is 24.3 Å². The lowest BCUT2D eigenvalue weighted by molar-refractivity contribution is -0.126. The Labute approximate surface area is 149 Å². The average Bonchev–Trinajstić information content (AvgIpc) is 2.54. The lowest BCUT2D eigenvalue weighted by Gasteiger charge is -2.32. The second-order valence-electron chi connectivity index (χ2n) is 7.32. The number of benzene rings is 1. The molecule has 1 fully saturated rings. The first-order valence-corrected chi connectivity index (χ1v) is 8.91.